The summed E-state index contributed by atoms with van der Waals surface area (Å²) in [6, 6.07) is 3.48. The molecule has 1 aromatic carbocycles. The van der Waals surface area contributed by atoms with Gasteiger partial charge in [0, 0.05) is 0 Å². The Kier molecular flexibility index (Phi) is 4.24. The topological polar surface area (TPSA) is 23.8 Å². The molecule has 0 N–H and O–H groups in total. The largest absolute Gasteiger partial charge is 1.00 e. The summed E-state index contributed by atoms with van der Waals surface area (Å²) in [7, 11) is 0. The molecule has 0 heterocycles. The van der Waals surface area contributed by atoms with E-state index in [2.05, 4.69) is 12.6 Å². The van der Waals surface area contributed by atoms with E-state index in [1.807, 2.05) is 0 Å². The Bertz CT molecular complexity index is 335. The molecule has 0 aliphatic rings. The van der Waals surface area contributed by atoms with Crippen molar-refractivity contribution < 1.29 is 28.6 Å². The van der Waals surface area contributed by atoms with Crippen LogP contribution < -0.4 is 0 Å². The van der Waals surface area contributed by atoms with Gasteiger partial charge >= 0.3 is 19.8 Å². The number of nitrogens with zero attached hydrogens (tertiary/aromatic N) is 1. The fourth-order valence-electron chi connectivity index (χ4n) is 0.646. The first-order chi connectivity index (χ1) is 5.15. The van der Waals surface area contributed by atoms with E-state index in [0.29, 0.717) is 0 Å². The van der Waals surface area contributed by atoms with Crippen molar-refractivity contribution in [3.63, 3.8) is 0 Å². The molecule has 0 aliphatic heterocycles. The number of hydrogen-bond acceptors (Lipinski definition) is 2. The van der Waals surface area contributed by atoms with Crippen LogP contribution in [-0.4, -0.2) is 0 Å². The maximum atomic E-state index is 12.5. The van der Waals surface area contributed by atoms with Gasteiger partial charge in [0.25, 0.3) is 0 Å². The summed E-state index contributed by atoms with van der Waals surface area (Å²) >= 11 is 4.56. The van der Waals surface area contributed by atoms with E-state index in [-0.39, 0.29) is 30.2 Å². The van der Waals surface area contributed by atoms with E-state index in [1.54, 1.807) is 0 Å². The first kappa shape index (κ1) is 11.4. The summed E-state index contributed by atoms with van der Waals surface area (Å²) in [5.74, 6) is -2.21. The zero-order chi connectivity index (χ0) is 8.43. The molecule has 1 rings (SSSR count). The Labute approximate surface area is 86.9 Å². The number of hydrogen-bond donors (Lipinski definition) is 0. The van der Waals surface area contributed by atoms with E-state index >= 15 is 0 Å². The summed E-state index contributed by atoms with van der Waals surface area (Å²) in [5, 5.41) is 8.26. The molecule has 0 amide bonds. The van der Waals surface area contributed by atoms with E-state index < -0.39 is 11.6 Å². The van der Waals surface area contributed by atoms with Gasteiger partial charge in [-0.05, 0) is 6.07 Å². The molecule has 0 unspecified atom stereocenters. The third-order valence-electron chi connectivity index (χ3n) is 1.12. The average molecular weight is 360 g/mol. The minimum absolute atomic E-state index is 0. The van der Waals surface area contributed by atoms with Gasteiger partial charge in [0.05, 0.1) is 5.56 Å². The molecule has 0 fully saturated rings. The van der Waals surface area contributed by atoms with Crippen molar-refractivity contribution in [1.82, 2.24) is 0 Å². The van der Waals surface area contributed by atoms with Crippen LogP contribution in [0.2, 0.25) is 0 Å². The van der Waals surface area contributed by atoms with Gasteiger partial charge < -0.3 is 12.6 Å². The maximum Gasteiger partial charge on any atom is 1.00 e. The zero-order valence-electron chi connectivity index (χ0n) is 5.62. The standard InChI is InChI=1S/C7H3F2NS.Os/c8-6-2-5(11)1-4(3-10)7(6)9;/h1-2,11H;/q;+1/p-1. The quantitative estimate of drug-likeness (QED) is 0.658. The van der Waals surface area contributed by atoms with Gasteiger partial charge in [-0.1, -0.05) is 6.07 Å². The van der Waals surface area contributed by atoms with Gasteiger partial charge in [-0.2, -0.15) is 10.2 Å². The Morgan fingerprint density at radius 2 is 1.92 bits per heavy atom. The molecule has 0 saturated carbocycles. The van der Waals surface area contributed by atoms with Gasteiger partial charge in [-0.25, -0.2) is 8.78 Å². The Hall–Kier alpha value is -0.574. The van der Waals surface area contributed by atoms with E-state index in [4.69, 9.17) is 5.26 Å². The fraction of sp³-hybridized carbons (Fsp3) is 0. The van der Waals surface area contributed by atoms with Gasteiger partial charge in [-0.3, -0.25) is 0 Å². The third kappa shape index (κ3) is 2.20. The van der Waals surface area contributed by atoms with Crippen molar-refractivity contribution in [2.24, 2.45) is 0 Å². The molecule has 63 valence electrons. The second-order valence-corrected chi connectivity index (χ2v) is 2.35. The first-order valence-electron chi connectivity index (χ1n) is 2.71. The molecule has 1 aromatic rings. The van der Waals surface area contributed by atoms with Crippen LogP contribution in [0.4, 0.5) is 8.78 Å². The van der Waals surface area contributed by atoms with Gasteiger partial charge in [-0.15, -0.1) is 0 Å². The minimum atomic E-state index is -1.14. The summed E-state index contributed by atoms with van der Waals surface area (Å²) < 4.78 is 25.0. The molecule has 0 saturated heterocycles. The van der Waals surface area contributed by atoms with Crippen LogP contribution >= 0.6 is 0 Å². The van der Waals surface area contributed by atoms with E-state index in [0.717, 1.165) is 12.1 Å². The molecule has 0 atom stereocenters. The van der Waals surface area contributed by atoms with Gasteiger partial charge in [0.15, 0.2) is 11.6 Å². The SMILES string of the molecule is N#Cc1cc([S-])cc(F)c1F.[Os+]. The number of rotatable bonds is 0. The monoisotopic (exact) mass is 362 g/mol. The van der Waals surface area contributed by atoms with E-state index in [9.17, 15) is 8.78 Å². The summed E-state index contributed by atoms with van der Waals surface area (Å²) in [6.07, 6.45) is 0. The average Bonchev–Trinajstić information content (AvgIpc) is 1.96. The van der Waals surface area contributed by atoms with E-state index in [1.165, 1.54) is 6.07 Å². The van der Waals surface area contributed by atoms with Crippen LogP contribution in [0.3, 0.4) is 0 Å². The molecule has 0 aliphatic carbocycles. The van der Waals surface area contributed by atoms with Crippen molar-refractivity contribution in [3.8, 4) is 6.07 Å². The maximum absolute atomic E-state index is 12.5. The van der Waals surface area contributed by atoms with Crippen LogP contribution in [0.5, 0.6) is 0 Å². The van der Waals surface area contributed by atoms with Crippen molar-refractivity contribution in [2.75, 3.05) is 0 Å². The Morgan fingerprint density at radius 1 is 1.33 bits per heavy atom. The molecule has 1 nitrogen and oxygen atoms in total. The Balaban J connectivity index is 0.00000121. The van der Waals surface area contributed by atoms with Crippen molar-refractivity contribution in [3.05, 3.63) is 29.3 Å². The number of nitriles is 1. The zero-order valence-corrected chi connectivity index (χ0v) is 8.98. The van der Waals surface area contributed by atoms with Gasteiger partial charge in [0.1, 0.15) is 6.07 Å². The molecule has 1 radical (unpaired) electrons. The fourth-order valence-corrected chi connectivity index (χ4v) is 0.867. The second-order valence-electron chi connectivity index (χ2n) is 1.88. The third-order valence-corrected chi connectivity index (χ3v) is 1.36. The number of benzene rings is 1. The van der Waals surface area contributed by atoms with Crippen molar-refractivity contribution in [2.45, 2.75) is 4.90 Å². The van der Waals surface area contributed by atoms with Gasteiger partial charge in [0.2, 0.25) is 0 Å². The Morgan fingerprint density at radius 3 is 2.42 bits per heavy atom. The normalized spacial score (nSPS) is 8.42. The first-order valence-corrected chi connectivity index (χ1v) is 3.12. The van der Waals surface area contributed by atoms with Crippen LogP contribution in [0, 0.1) is 23.0 Å². The molecular formula is C7H2F2NOsS. The molecular weight excluding hydrogens is 358 g/mol. The predicted octanol–water partition coefficient (Wildman–Crippen LogP) is 1.74. The van der Waals surface area contributed by atoms with Crippen molar-refractivity contribution >= 4 is 12.6 Å². The van der Waals surface area contributed by atoms with Crippen molar-refractivity contribution in [1.29, 1.82) is 5.26 Å². The smallest absolute Gasteiger partial charge is 0.780 e. The minimum Gasteiger partial charge on any atom is -0.780 e. The summed E-state index contributed by atoms with van der Waals surface area (Å²) in [5.41, 5.74) is -0.352. The summed E-state index contributed by atoms with van der Waals surface area (Å²) in [4.78, 5) is 0.125. The molecule has 0 aromatic heterocycles. The van der Waals surface area contributed by atoms with Crippen LogP contribution in [0.1, 0.15) is 5.56 Å². The second kappa shape index (κ2) is 4.45. The molecule has 0 bridgehead atoms. The summed E-state index contributed by atoms with van der Waals surface area (Å²) in [6.45, 7) is 0. The van der Waals surface area contributed by atoms with Crippen LogP contribution in [0.25, 0.3) is 0 Å². The van der Waals surface area contributed by atoms with Crippen LogP contribution in [-0.2, 0) is 32.4 Å². The molecule has 0 spiro atoms. The predicted molar refractivity (Wildman–Crippen MR) is 36.7 cm³/mol. The number of halogens is 2. The van der Waals surface area contributed by atoms with Crippen LogP contribution in [0.15, 0.2) is 17.0 Å². The molecule has 5 heteroatoms. The molecule has 12 heavy (non-hydrogen) atoms.